The van der Waals surface area contributed by atoms with Gasteiger partial charge in [0.05, 0.1) is 6.54 Å². The van der Waals surface area contributed by atoms with E-state index < -0.39 is 12.7 Å². The van der Waals surface area contributed by atoms with Crippen molar-refractivity contribution in [1.82, 2.24) is 4.90 Å². The third-order valence-electron chi connectivity index (χ3n) is 3.85. The molecule has 0 saturated heterocycles. The maximum absolute atomic E-state index is 12.6. The van der Waals surface area contributed by atoms with Crippen molar-refractivity contribution in [2.24, 2.45) is 5.73 Å². The second-order valence-corrected chi connectivity index (χ2v) is 6.13. The molecule has 1 aromatic rings. The second kappa shape index (κ2) is 6.36. The summed E-state index contributed by atoms with van der Waals surface area (Å²) in [5.41, 5.74) is 9.44. The van der Waals surface area contributed by atoms with Gasteiger partial charge in [-0.2, -0.15) is 13.2 Å². The van der Waals surface area contributed by atoms with Crippen LogP contribution in [0.1, 0.15) is 42.0 Å². The number of rotatable bonds is 6. The molecule has 1 aliphatic rings. The lowest BCUT2D eigenvalue weighted by atomic mass is 9.99. The zero-order valence-electron chi connectivity index (χ0n) is 12.6. The third-order valence-corrected chi connectivity index (χ3v) is 3.85. The third kappa shape index (κ3) is 5.32. The predicted octanol–water partition coefficient (Wildman–Crippen LogP) is 3.72. The van der Waals surface area contributed by atoms with Gasteiger partial charge in [-0.15, -0.1) is 0 Å². The summed E-state index contributed by atoms with van der Waals surface area (Å²) in [6.07, 6.45) is -1.84. The maximum Gasteiger partial charge on any atom is 0.401 e. The van der Waals surface area contributed by atoms with Crippen molar-refractivity contribution in [3.8, 4) is 0 Å². The van der Waals surface area contributed by atoms with Crippen LogP contribution in [0.25, 0.3) is 0 Å². The van der Waals surface area contributed by atoms with Crippen LogP contribution in [0.2, 0.25) is 0 Å². The number of alkyl halides is 3. The highest BCUT2D eigenvalue weighted by atomic mass is 19.4. The molecule has 0 heterocycles. The van der Waals surface area contributed by atoms with Crippen molar-refractivity contribution in [2.45, 2.75) is 51.4 Å². The van der Waals surface area contributed by atoms with E-state index >= 15 is 0 Å². The zero-order valence-corrected chi connectivity index (χ0v) is 12.6. The van der Waals surface area contributed by atoms with E-state index in [1.807, 2.05) is 26.0 Å². The molecule has 0 amide bonds. The number of nitrogens with zero attached hydrogens (tertiary/aromatic N) is 1. The molecule has 1 aliphatic carbocycles. The predicted molar refractivity (Wildman–Crippen MR) is 78.1 cm³/mol. The Morgan fingerprint density at radius 2 is 1.76 bits per heavy atom. The van der Waals surface area contributed by atoms with Gasteiger partial charge in [0.25, 0.3) is 0 Å². The van der Waals surface area contributed by atoms with Crippen LogP contribution in [-0.2, 0) is 0 Å². The van der Waals surface area contributed by atoms with E-state index in [1.165, 1.54) is 4.90 Å². The topological polar surface area (TPSA) is 29.3 Å². The van der Waals surface area contributed by atoms with Gasteiger partial charge >= 0.3 is 6.18 Å². The van der Waals surface area contributed by atoms with Crippen LogP contribution in [0.4, 0.5) is 13.2 Å². The Morgan fingerprint density at radius 1 is 1.19 bits per heavy atom. The number of benzene rings is 1. The number of nitrogens with two attached hydrogens (primary N) is 1. The molecule has 118 valence electrons. The van der Waals surface area contributed by atoms with E-state index in [0.29, 0.717) is 13.0 Å². The number of halogens is 3. The lowest BCUT2D eigenvalue weighted by Crippen LogP contribution is -2.37. The van der Waals surface area contributed by atoms with E-state index in [4.69, 9.17) is 5.73 Å². The Bertz CT molecular complexity index is 461. The van der Waals surface area contributed by atoms with Gasteiger partial charge in [-0.1, -0.05) is 29.3 Å². The lowest BCUT2D eigenvalue weighted by Gasteiger charge is -2.25. The fourth-order valence-corrected chi connectivity index (χ4v) is 2.76. The molecule has 0 aliphatic heterocycles. The van der Waals surface area contributed by atoms with E-state index in [2.05, 4.69) is 6.07 Å². The normalized spacial score (nSPS) is 17.3. The van der Waals surface area contributed by atoms with E-state index in [1.54, 1.807) is 0 Å². The van der Waals surface area contributed by atoms with E-state index in [0.717, 1.165) is 29.5 Å². The van der Waals surface area contributed by atoms with E-state index in [9.17, 15) is 13.2 Å². The highest BCUT2D eigenvalue weighted by molar-refractivity contribution is 5.30. The molecular formula is C16H23F3N2. The molecule has 2 rings (SSSR count). The fraction of sp³-hybridized carbons (Fsp3) is 0.625. The summed E-state index contributed by atoms with van der Waals surface area (Å²) in [7, 11) is 0. The van der Waals surface area contributed by atoms with Crippen LogP contribution in [0.3, 0.4) is 0 Å². The molecule has 5 heteroatoms. The van der Waals surface area contributed by atoms with Gasteiger partial charge in [-0.05, 0) is 38.7 Å². The molecule has 21 heavy (non-hydrogen) atoms. The van der Waals surface area contributed by atoms with Gasteiger partial charge in [0.1, 0.15) is 0 Å². The molecule has 1 atom stereocenters. The molecule has 1 saturated carbocycles. The Morgan fingerprint density at radius 3 is 2.24 bits per heavy atom. The molecule has 2 nitrogen and oxygen atoms in total. The average molecular weight is 300 g/mol. The molecule has 1 aromatic carbocycles. The highest BCUT2D eigenvalue weighted by Gasteiger charge is 2.37. The first-order valence-corrected chi connectivity index (χ1v) is 7.39. The molecule has 0 radical (unpaired) electrons. The first kappa shape index (κ1) is 16.3. The first-order valence-electron chi connectivity index (χ1n) is 7.39. The van der Waals surface area contributed by atoms with E-state index in [-0.39, 0.29) is 12.1 Å². The van der Waals surface area contributed by atoms with Crippen molar-refractivity contribution >= 4 is 0 Å². The van der Waals surface area contributed by atoms with Gasteiger partial charge in [0.2, 0.25) is 0 Å². The largest absolute Gasteiger partial charge is 0.401 e. The summed E-state index contributed by atoms with van der Waals surface area (Å²) in [4.78, 5) is 1.53. The summed E-state index contributed by atoms with van der Waals surface area (Å²) in [5, 5.41) is 0. The molecule has 0 bridgehead atoms. The van der Waals surface area contributed by atoms with Crippen LogP contribution in [0.5, 0.6) is 0 Å². The Hall–Kier alpha value is -1.07. The van der Waals surface area contributed by atoms with Crippen molar-refractivity contribution < 1.29 is 13.2 Å². The minimum atomic E-state index is -4.13. The summed E-state index contributed by atoms with van der Waals surface area (Å²) in [5.74, 6) is 0. The summed E-state index contributed by atoms with van der Waals surface area (Å²) in [6, 6.07) is 5.98. The molecule has 0 aromatic heterocycles. The van der Waals surface area contributed by atoms with Crippen LogP contribution in [0, 0.1) is 13.8 Å². The Labute approximate surface area is 124 Å². The molecule has 1 unspecified atom stereocenters. The second-order valence-electron chi connectivity index (χ2n) is 6.13. The maximum atomic E-state index is 12.6. The Kier molecular flexibility index (Phi) is 4.94. The SMILES string of the molecule is Cc1cc(C)cc(C(N)CCN(CC(F)(F)F)C2CC2)c1. The average Bonchev–Trinajstić information content (AvgIpc) is 3.15. The van der Waals surface area contributed by atoms with Gasteiger partial charge < -0.3 is 5.73 Å². The van der Waals surface area contributed by atoms with Crippen LogP contribution >= 0.6 is 0 Å². The Balaban J connectivity index is 1.93. The van der Waals surface area contributed by atoms with Crippen LogP contribution in [0.15, 0.2) is 18.2 Å². The summed E-state index contributed by atoms with van der Waals surface area (Å²) in [6.45, 7) is 3.59. The van der Waals surface area contributed by atoms with Crippen molar-refractivity contribution in [3.05, 3.63) is 34.9 Å². The minimum absolute atomic E-state index is 0.0954. The standard InChI is InChI=1S/C16H23F3N2/c1-11-7-12(2)9-13(8-11)15(20)5-6-21(14-3-4-14)10-16(17,18)19/h7-9,14-15H,3-6,10,20H2,1-2H3. The van der Waals surface area contributed by atoms with Crippen LogP contribution < -0.4 is 5.73 Å². The van der Waals surface area contributed by atoms with Crippen LogP contribution in [-0.4, -0.2) is 30.2 Å². The lowest BCUT2D eigenvalue weighted by molar-refractivity contribution is -0.147. The molecule has 0 spiro atoms. The van der Waals surface area contributed by atoms with Gasteiger partial charge in [-0.3, -0.25) is 4.90 Å². The molecule has 1 fully saturated rings. The summed E-state index contributed by atoms with van der Waals surface area (Å²) >= 11 is 0. The molecule has 2 N–H and O–H groups in total. The monoisotopic (exact) mass is 300 g/mol. The zero-order chi connectivity index (χ0) is 15.6. The molecular weight excluding hydrogens is 277 g/mol. The van der Waals surface area contributed by atoms with Crippen molar-refractivity contribution in [2.75, 3.05) is 13.1 Å². The van der Waals surface area contributed by atoms with Gasteiger partial charge in [0, 0.05) is 18.6 Å². The highest BCUT2D eigenvalue weighted by Crippen LogP contribution is 2.31. The van der Waals surface area contributed by atoms with Crippen molar-refractivity contribution in [3.63, 3.8) is 0 Å². The smallest absolute Gasteiger partial charge is 0.324 e. The number of hydrogen-bond acceptors (Lipinski definition) is 2. The van der Waals surface area contributed by atoms with Gasteiger partial charge in [-0.25, -0.2) is 0 Å². The van der Waals surface area contributed by atoms with Gasteiger partial charge in [0.15, 0.2) is 0 Å². The first-order chi connectivity index (χ1) is 9.74. The quantitative estimate of drug-likeness (QED) is 0.867. The number of hydrogen-bond donors (Lipinski definition) is 1. The summed E-state index contributed by atoms with van der Waals surface area (Å²) < 4.78 is 37.7. The number of aryl methyl sites for hydroxylation is 2. The van der Waals surface area contributed by atoms with Crippen molar-refractivity contribution in [1.29, 1.82) is 0 Å². The fourth-order valence-electron chi connectivity index (χ4n) is 2.76. The minimum Gasteiger partial charge on any atom is -0.324 e.